The van der Waals surface area contributed by atoms with Gasteiger partial charge in [-0.05, 0) is 71.5 Å². The number of ether oxygens (including phenoxy) is 1. The third kappa shape index (κ3) is 4.81. The zero-order chi connectivity index (χ0) is 17.0. The summed E-state index contributed by atoms with van der Waals surface area (Å²) in [5, 5.41) is -0.451. The minimum atomic E-state index is -0.572. The number of carbonyl (C=O) groups is 3. The van der Waals surface area contributed by atoms with Crippen molar-refractivity contribution in [2.24, 2.45) is 0 Å². The van der Waals surface area contributed by atoms with Gasteiger partial charge >= 0.3 is 5.97 Å². The van der Waals surface area contributed by atoms with E-state index in [0.29, 0.717) is 11.3 Å². The van der Waals surface area contributed by atoms with Crippen LogP contribution in [-0.2, 0) is 14.3 Å². The van der Waals surface area contributed by atoms with Crippen LogP contribution in [0.1, 0.15) is 25.8 Å². The number of esters is 1. The van der Waals surface area contributed by atoms with Gasteiger partial charge in [0.1, 0.15) is 6.54 Å². The number of carbonyl (C=O) groups excluding carboxylic acids is 3. The van der Waals surface area contributed by atoms with Gasteiger partial charge in [-0.15, -0.1) is 0 Å². The van der Waals surface area contributed by atoms with Gasteiger partial charge in [0.2, 0.25) is 0 Å². The minimum Gasteiger partial charge on any atom is -0.461 e. The van der Waals surface area contributed by atoms with Crippen molar-refractivity contribution in [2.75, 3.05) is 6.54 Å². The molecular formula is C16H16INO4S. The van der Waals surface area contributed by atoms with E-state index in [4.69, 9.17) is 4.74 Å². The van der Waals surface area contributed by atoms with Crippen LogP contribution < -0.4 is 0 Å². The summed E-state index contributed by atoms with van der Waals surface area (Å²) < 4.78 is 6.19. The van der Waals surface area contributed by atoms with E-state index in [1.807, 2.05) is 31.2 Å². The molecule has 0 aromatic heterocycles. The van der Waals surface area contributed by atoms with Crippen molar-refractivity contribution in [1.82, 2.24) is 4.90 Å². The van der Waals surface area contributed by atoms with Gasteiger partial charge in [0.15, 0.2) is 0 Å². The number of benzene rings is 1. The fourth-order valence-corrected chi connectivity index (χ4v) is 3.02. The summed E-state index contributed by atoms with van der Waals surface area (Å²) in [7, 11) is 0. The number of rotatable bonds is 5. The summed E-state index contributed by atoms with van der Waals surface area (Å²) in [4.78, 5) is 37.2. The highest BCUT2D eigenvalue weighted by Crippen LogP contribution is 2.32. The third-order valence-corrected chi connectivity index (χ3v) is 4.86. The van der Waals surface area contributed by atoms with E-state index in [1.165, 1.54) is 0 Å². The Morgan fingerprint density at radius 2 is 2.00 bits per heavy atom. The standard InChI is InChI=1S/C16H16INO4S/c1-3-10(2)22-14(19)9-18-15(20)13(23-16(18)21)8-11-4-6-12(17)7-5-11/h4-8,10H,3,9H2,1-2H3/b13-8-/t10-/m0/s1. The smallest absolute Gasteiger partial charge is 0.326 e. The second-order valence-electron chi connectivity index (χ2n) is 5.03. The normalized spacial score (nSPS) is 17.7. The van der Waals surface area contributed by atoms with Crippen LogP contribution in [0.25, 0.3) is 6.08 Å². The average Bonchev–Trinajstić information content (AvgIpc) is 2.77. The van der Waals surface area contributed by atoms with E-state index in [0.717, 1.165) is 25.8 Å². The Morgan fingerprint density at radius 3 is 2.61 bits per heavy atom. The molecule has 23 heavy (non-hydrogen) atoms. The lowest BCUT2D eigenvalue weighted by Gasteiger charge is -2.14. The van der Waals surface area contributed by atoms with E-state index < -0.39 is 17.1 Å². The van der Waals surface area contributed by atoms with Gasteiger partial charge in [0, 0.05) is 3.57 Å². The van der Waals surface area contributed by atoms with Gasteiger partial charge < -0.3 is 4.74 Å². The van der Waals surface area contributed by atoms with Crippen molar-refractivity contribution < 1.29 is 19.1 Å². The predicted molar refractivity (Wildman–Crippen MR) is 97.7 cm³/mol. The number of amides is 2. The Labute approximate surface area is 152 Å². The lowest BCUT2D eigenvalue weighted by atomic mass is 10.2. The quantitative estimate of drug-likeness (QED) is 0.393. The number of nitrogens with zero attached hydrogens (tertiary/aromatic N) is 1. The van der Waals surface area contributed by atoms with Gasteiger partial charge in [-0.3, -0.25) is 19.3 Å². The lowest BCUT2D eigenvalue weighted by molar-refractivity contribution is -0.150. The topological polar surface area (TPSA) is 63.7 Å². The molecular weight excluding hydrogens is 429 g/mol. The van der Waals surface area contributed by atoms with Crippen LogP contribution in [-0.4, -0.2) is 34.7 Å². The summed E-state index contributed by atoms with van der Waals surface area (Å²) in [6, 6.07) is 7.57. The summed E-state index contributed by atoms with van der Waals surface area (Å²) in [6.07, 6.45) is 2.10. The average molecular weight is 445 g/mol. The van der Waals surface area contributed by atoms with Crippen LogP contribution in [0.2, 0.25) is 0 Å². The molecule has 122 valence electrons. The zero-order valence-electron chi connectivity index (χ0n) is 12.7. The predicted octanol–water partition coefficient (Wildman–Crippen LogP) is 3.67. The Hall–Kier alpha value is -1.35. The van der Waals surface area contributed by atoms with E-state index in [1.54, 1.807) is 13.0 Å². The van der Waals surface area contributed by atoms with Crippen LogP contribution in [0, 0.1) is 3.57 Å². The molecule has 1 aromatic rings. The molecule has 1 aliphatic rings. The summed E-state index contributed by atoms with van der Waals surface area (Å²) in [5.74, 6) is -1.03. The van der Waals surface area contributed by atoms with Gasteiger partial charge in [-0.1, -0.05) is 19.1 Å². The van der Waals surface area contributed by atoms with Crippen molar-refractivity contribution >= 4 is 57.5 Å². The summed E-state index contributed by atoms with van der Waals surface area (Å²) in [6.45, 7) is 3.31. The lowest BCUT2D eigenvalue weighted by Crippen LogP contribution is -2.35. The first-order chi connectivity index (χ1) is 10.9. The third-order valence-electron chi connectivity index (χ3n) is 3.24. The summed E-state index contributed by atoms with van der Waals surface area (Å²) in [5.41, 5.74) is 0.832. The molecule has 1 aliphatic heterocycles. The van der Waals surface area contributed by atoms with Crippen LogP contribution >= 0.6 is 34.4 Å². The maximum absolute atomic E-state index is 12.3. The van der Waals surface area contributed by atoms with Crippen molar-refractivity contribution in [1.29, 1.82) is 0 Å². The van der Waals surface area contributed by atoms with Crippen molar-refractivity contribution in [3.05, 3.63) is 38.3 Å². The molecule has 0 spiro atoms. The number of imide groups is 1. The molecule has 1 atom stereocenters. The Balaban J connectivity index is 2.07. The number of thioether (sulfide) groups is 1. The molecule has 1 heterocycles. The fourth-order valence-electron chi connectivity index (χ4n) is 1.82. The molecule has 0 bridgehead atoms. The van der Waals surface area contributed by atoms with Crippen LogP contribution in [0.15, 0.2) is 29.2 Å². The SMILES string of the molecule is CC[C@H](C)OC(=O)CN1C(=O)S/C(=C\c2ccc(I)cc2)C1=O. The van der Waals surface area contributed by atoms with E-state index in [9.17, 15) is 14.4 Å². The second-order valence-corrected chi connectivity index (χ2v) is 7.27. The van der Waals surface area contributed by atoms with E-state index in [2.05, 4.69) is 22.6 Å². The molecule has 0 radical (unpaired) electrons. The van der Waals surface area contributed by atoms with Gasteiger partial charge in [0.25, 0.3) is 11.1 Å². The Bertz CT molecular complexity index is 657. The first-order valence-corrected chi connectivity index (χ1v) is 9.00. The minimum absolute atomic E-state index is 0.232. The zero-order valence-corrected chi connectivity index (χ0v) is 15.7. The highest BCUT2D eigenvalue weighted by atomic mass is 127. The number of hydrogen-bond donors (Lipinski definition) is 0. The number of hydrogen-bond acceptors (Lipinski definition) is 5. The van der Waals surface area contributed by atoms with Crippen LogP contribution in [0.4, 0.5) is 4.79 Å². The maximum atomic E-state index is 12.3. The molecule has 0 unspecified atom stereocenters. The van der Waals surface area contributed by atoms with Gasteiger partial charge in [-0.2, -0.15) is 0 Å². The molecule has 7 heteroatoms. The largest absolute Gasteiger partial charge is 0.461 e. The molecule has 0 N–H and O–H groups in total. The van der Waals surface area contributed by atoms with Crippen molar-refractivity contribution in [3.8, 4) is 0 Å². The maximum Gasteiger partial charge on any atom is 0.326 e. The first kappa shape index (κ1) is 18.0. The van der Waals surface area contributed by atoms with Crippen LogP contribution in [0.5, 0.6) is 0 Å². The Kier molecular flexibility index (Phi) is 6.23. The van der Waals surface area contributed by atoms with E-state index >= 15 is 0 Å². The van der Waals surface area contributed by atoms with Crippen molar-refractivity contribution in [2.45, 2.75) is 26.4 Å². The second kappa shape index (κ2) is 7.96. The van der Waals surface area contributed by atoms with E-state index in [-0.39, 0.29) is 12.6 Å². The molecule has 0 saturated carbocycles. The molecule has 1 aromatic carbocycles. The first-order valence-electron chi connectivity index (χ1n) is 7.11. The fraction of sp³-hybridized carbons (Fsp3) is 0.312. The molecule has 2 amide bonds. The van der Waals surface area contributed by atoms with Crippen LogP contribution in [0.3, 0.4) is 0 Å². The van der Waals surface area contributed by atoms with Gasteiger partial charge in [0.05, 0.1) is 11.0 Å². The summed E-state index contributed by atoms with van der Waals surface area (Å²) >= 11 is 3.03. The number of halogens is 1. The molecule has 1 fully saturated rings. The Morgan fingerprint density at radius 1 is 1.35 bits per heavy atom. The molecule has 0 aliphatic carbocycles. The van der Waals surface area contributed by atoms with Crippen molar-refractivity contribution in [3.63, 3.8) is 0 Å². The molecule has 1 saturated heterocycles. The molecule has 5 nitrogen and oxygen atoms in total. The molecule has 2 rings (SSSR count). The highest BCUT2D eigenvalue weighted by Gasteiger charge is 2.36. The monoisotopic (exact) mass is 445 g/mol. The highest BCUT2D eigenvalue weighted by molar-refractivity contribution is 14.1. The van der Waals surface area contributed by atoms with Gasteiger partial charge in [-0.25, -0.2) is 0 Å².